The van der Waals surface area contributed by atoms with Gasteiger partial charge in [-0.15, -0.1) is 0 Å². The number of amides is 1. The second kappa shape index (κ2) is 4.40. The molecule has 3 heteroatoms. The lowest BCUT2D eigenvalue weighted by atomic mass is 10.1. The minimum Gasteiger partial charge on any atom is -0.346 e. The van der Waals surface area contributed by atoms with Gasteiger partial charge in [-0.1, -0.05) is 6.58 Å². The molecule has 0 saturated carbocycles. The molecule has 0 bridgehead atoms. The minimum atomic E-state index is -0.163. The van der Waals surface area contributed by atoms with Crippen molar-refractivity contribution in [3.63, 3.8) is 0 Å². The van der Waals surface area contributed by atoms with Crippen LogP contribution in [0, 0.1) is 0 Å². The Morgan fingerprint density at radius 2 is 2.23 bits per heavy atom. The highest BCUT2D eigenvalue weighted by atomic mass is 16.1. The molecule has 0 fully saturated rings. The standard InChI is InChI=1S/C10H12N2O/c1-3-10(13)12-8(2)9-4-6-11-7-5-9/h3-8H,1H2,2H3,(H,12,13). The van der Waals surface area contributed by atoms with Crippen molar-refractivity contribution < 1.29 is 4.79 Å². The first-order chi connectivity index (χ1) is 6.24. The van der Waals surface area contributed by atoms with Crippen molar-refractivity contribution in [2.45, 2.75) is 13.0 Å². The zero-order valence-electron chi connectivity index (χ0n) is 7.53. The summed E-state index contributed by atoms with van der Waals surface area (Å²) in [5.41, 5.74) is 1.03. The molecular weight excluding hydrogens is 164 g/mol. The first-order valence-corrected chi connectivity index (χ1v) is 4.07. The number of nitrogens with zero attached hydrogens (tertiary/aromatic N) is 1. The van der Waals surface area contributed by atoms with Crippen molar-refractivity contribution in [2.75, 3.05) is 0 Å². The van der Waals surface area contributed by atoms with Crippen LogP contribution in [0.3, 0.4) is 0 Å². The molecule has 1 N–H and O–H groups in total. The van der Waals surface area contributed by atoms with E-state index in [9.17, 15) is 4.79 Å². The van der Waals surface area contributed by atoms with Gasteiger partial charge in [0.25, 0.3) is 0 Å². The molecular formula is C10H12N2O. The third-order valence-corrected chi connectivity index (χ3v) is 1.75. The molecule has 0 spiro atoms. The normalized spacial score (nSPS) is 11.8. The Morgan fingerprint density at radius 1 is 1.62 bits per heavy atom. The van der Waals surface area contributed by atoms with E-state index in [-0.39, 0.29) is 11.9 Å². The summed E-state index contributed by atoms with van der Waals surface area (Å²) in [4.78, 5) is 14.8. The van der Waals surface area contributed by atoms with Crippen LogP contribution in [0.15, 0.2) is 37.2 Å². The van der Waals surface area contributed by atoms with Gasteiger partial charge in [-0.2, -0.15) is 0 Å². The first-order valence-electron chi connectivity index (χ1n) is 4.07. The quantitative estimate of drug-likeness (QED) is 0.708. The highest BCUT2D eigenvalue weighted by Gasteiger charge is 2.05. The third-order valence-electron chi connectivity index (χ3n) is 1.75. The topological polar surface area (TPSA) is 42.0 Å². The molecule has 1 unspecified atom stereocenters. The summed E-state index contributed by atoms with van der Waals surface area (Å²) >= 11 is 0. The largest absolute Gasteiger partial charge is 0.346 e. The smallest absolute Gasteiger partial charge is 0.243 e. The Balaban J connectivity index is 2.63. The van der Waals surface area contributed by atoms with E-state index in [2.05, 4.69) is 16.9 Å². The highest BCUT2D eigenvalue weighted by Crippen LogP contribution is 2.09. The SMILES string of the molecule is C=CC(=O)NC(C)c1ccncc1. The van der Waals surface area contributed by atoms with E-state index in [0.29, 0.717) is 0 Å². The Labute approximate surface area is 77.5 Å². The summed E-state index contributed by atoms with van der Waals surface area (Å²) in [5.74, 6) is -0.163. The predicted octanol–water partition coefficient (Wildman–Crippen LogP) is 1.44. The second-order valence-electron chi connectivity index (χ2n) is 2.71. The van der Waals surface area contributed by atoms with E-state index in [0.717, 1.165) is 5.56 Å². The van der Waals surface area contributed by atoms with E-state index >= 15 is 0 Å². The van der Waals surface area contributed by atoms with Crippen LogP contribution in [-0.4, -0.2) is 10.9 Å². The van der Waals surface area contributed by atoms with Crippen LogP contribution in [0.4, 0.5) is 0 Å². The van der Waals surface area contributed by atoms with Crippen LogP contribution >= 0.6 is 0 Å². The van der Waals surface area contributed by atoms with Gasteiger partial charge in [-0.25, -0.2) is 0 Å². The Hall–Kier alpha value is -1.64. The first kappa shape index (κ1) is 9.45. The van der Waals surface area contributed by atoms with E-state index < -0.39 is 0 Å². The second-order valence-corrected chi connectivity index (χ2v) is 2.71. The molecule has 1 aromatic heterocycles. The van der Waals surface area contributed by atoms with E-state index in [4.69, 9.17) is 0 Å². The van der Waals surface area contributed by atoms with Gasteiger partial charge in [0.05, 0.1) is 6.04 Å². The molecule has 0 radical (unpaired) electrons. The number of pyridine rings is 1. The lowest BCUT2D eigenvalue weighted by Gasteiger charge is -2.11. The van der Waals surface area contributed by atoms with E-state index in [1.54, 1.807) is 12.4 Å². The molecule has 1 amide bonds. The fourth-order valence-electron chi connectivity index (χ4n) is 1.01. The molecule has 1 atom stereocenters. The van der Waals surface area contributed by atoms with Crippen LogP contribution < -0.4 is 5.32 Å². The van der Waals surface area contributed by atoms with Crippen molar-refractivity contribution in [3.05, 3.63) is 42.7 Å². The fourth-order valence-corrected chi connectivity index (χ4v) is 1.01. The van der Waals surface area contributed by atoms with Gasteiger partial charge in [-0.3, -0.25) is 9.78 Å². The molecule has 3 nitrogen and oxygen atoms in total. The summed E-state index contributed by atoms with van der Waals surface area (Å²) in [6.07, 6.45) is 4.66. The molecule has 0 aliphatic heterocycles. The summed E-state index contributed by atoms with van der Waals surface area (Å²) in [6.45, 7) is 5.30. The maximum Gasteiger partial charge on any atom is 0.243 e. The average molecular weight is 176 g/mol. The monoisotopic (exact) mass is 176 g/mol. The number of carbonyl (C=O) groups excluding carboxylic acids is 1. The van der Waals surface area contributed by atoms with Crippen LogP contribution in [0.5, 0.6) is 0 Å². The average Bonchev–Trinajstić information content (AvgIpc) is 2.19. The number of nitrogens with one attached hydrogen (secondary N) is 1. The van der Waals surface area contributed by atoms with Crippen molar-refractivity contribution in [1.29, 1.82) is 0 Å². The summed E-state index contributed by atoms with van der Waals surface area (Å²) in [5, 5.41) is 2.76. The highest BCUT2D eigenvalue weighted by molar-refractivity contribution is 5.87. The fraction of sp³-hybridized carbons (Fsp3) is 0.200. The van der Waals surface area contributed by atoms with Gasteiger partial charge < -0.3 is 5.32 Å². The van der Waals surface area contributed by atoms with Crippen LogP contribution in [0.1, 0.15) is 18.5 Å². The molecule has 0 aromatic carbocycles. The molecule has 13 heavy (non-hydrogen) atoms. The molecule has 1 rings (SSSR count). The summed E-state index contributed by atoms with van der Waals surface area (Å²) in [6, 6.07) is 3.73. The molecule has 68 valence electrons. The van der Waals surface area contributed by atoms with Gasteiger partial charge in [-0.05, 0) is 30.7 Å². The maximum atomic E-state index is 11.0. The zero-order chi connectivity index (χ0) is 9.68. The van der Waals surface area contributed by atoms with Crippen molar-refractivity contribution >= 4 is 5.91 Å². The molecule has 0 aliphatic carbocycles. The van der Waals surface area contributed by atoms with Crippen molar-refractivity contribution in [3.8, 4) is 0 Å². The van der Waals surface area contributed by atoms with Gasteiger partial charge in [0, 0.05) is 12.4 Å². The summed E-state index contributed by atoms with van der Waals surface area (Å²) < 4.78 is 0. The molecule has 1 aromatic rings. The van der Waals surface area contributed by atoms with Crippen LogP contribution in [0.25, 0.3) is 0 Å². The number of hydrogen-bond acceptors (Lipinski definition) is 2. The lowest BCUT2D eigenvalue weighted by Crippen LogP contribution is -2.24. The molecule has 0 aliphatic rings. The van der Waals surface area contributed by atoms with Gasteiger partial charge in [0.15, 0.2) is 0 Å². The molecule has 0 saturated heterocycles. The number of rotatable bonds is 3. The minimum absolute atomic E-state index is 0.00602. The van der Waals surface area contributed by atoms with Gasteiger partial charge >= 0.3 is 0 Å². The van der Waals surface area contributed by atoms with Crippen LogP contribution in [0.2, 0.25) is 0 Å². The van der Waals surface area contributed by atoms with E-state index in [1.165, 1.54) is 6.08 Å². The van der Waals surface area contributed by atoms with Crippen molar-refractivity contribution in [2.24, 2.45) is 0 Å². The maximum absolute atomic E-state index is 11.0. The number of hydrogen-bond donors (Lipinski definition) is 1. The van der Waals surface area contributed by atoms with E-state index in [1.807, 2.05) is 19.1 Å². The number of carbonyl (C=O) groups is 1. The number of aromatic nitrogens is 1. The summed E-state index contributed by atoms with van der Waals surface area (Å²) in [7, 11) is 0. The van der Waals surface area contributed by atoms with Gasteiger partial charge in [0.1, 0.15) is 0 Å². The van der Waals surface area contributed by atoms with Crippen molar-refractivity contribution in [1.82, 2.24) is 10.3 Å². The Kier molecular flexibility index (Phi) is 3.20. The molecule has 1 heterocycles. The van der Waals surface area contributed by atoms with Crippen LogP contribution in [-0.2, 0) is 4.79 Å². The Bertz CT molecular complexity index is 295. The predicted molar refractivity (Wildman–Crippen MR) is 51.0 cm³/mol. The third kappa shape index (κ3) is 2.71. The lowest BCUT2D eigenvalue weighted by molar-refractivity contribution is -0.117. The van der Waals surface area contributed by atoms with Gasteiger partial charge in [0.2, 0.25) is 5.91 Å². The Morgan fingerprint density at radius 3 is 2.77 bits per heavy atom. The zero-order valence-corrected chi connectivity index (χ0v) is 7.53.